The molecule has 0 aliphatic carbocycles. The zero-order valence-electron chi connectivity index (χ0n) is 22.1. The highest BCUT2D eigenvalue weighted by molar-refractivity contribution is 5.92. The number of rotatable bonds is 10. The molecule has 0 saturated heterocycles. The minimum atomic E-state index is -0.514. The van der Waals surface area contributed by atoms with Crippen LogP contribution < -0.4 is 31.5 Å². The third-order valence-corrected chi connectivity index (χ3v) is 6.25. The van der Waals surface area contributed by atoms with Crippen LogP contribution in [0.25, 0.3) is 10.9 Å². The van der Waals surface area contributed by atoms with E-state index in [4.69, 9.17) is 4.74 Å². The number of carbonyl (C=O) groups is 2. The number of pyridine rings is 1. The number of ether oxygens (including phenoxy) is 1. The molecule has 1 atom stereocenters. The molecule has 1 aromatic heterocycles. The first-order chi connectivity index (χ1) is 19.0. The van der Waals surface area contributed by atoms with E-state index < -0.39 is 12.1 Å². The molecule has 1 unspecified atom stereocenters. The Labute approximate surface area is 228 Å². The van der Waals surface area contributed by atoms with E-state index in [1.165, 1.54) is 0 Å². The number of benzene rings is 3. The number of anilines is 1. The standard InChI is InChI=1S/C30H34N6O3/c1-21(33-26-20-25(39-2)19-24-16-10-17-31-28(24)26)11-9-18-32-29(37)35-36-30(38)34-27(22-12-5-3-6-13-22)23-14-7-4-8-15-23/h3-8,10,12-17,19-21,27,33H,9,11,18H2,1-2H3,(H2,32,35,37)(H2,34,36,38). The number of nitrogens with one attached hydrogen (secondary N) is 5. The van der Waals surface area contributed by atoms with Crippen LogP contribution in [-0.4, -0.2) is 36.7 Å². The predicted octanol–water partition coefficient (Wildman–Crippen LogP) is 5.13. The number of nitrogens with zero attached hydrogens (tertiary/aromatic N) is 1. The Kier molecular flexibility index (Phi) is 9.55. The Morgan fingerprint density at radius 1 is 0.872 bits per heavy atom. The molecular weight excluding hydrogens is 492 g/mol. The van der Waals surface area contributed by atoms with Gasteiger partial charge in [0.2, 0.25) is 0 Å². The van der Waals surface area contributed by atoms with Crippen LogP contribution in [0.2, 0.25) is 0 Å². The summed E-state index contributed by atoms with van der Waals surface area (Å²) in [6.45, 7) is 2.53. The van der Waals surface area contributed by atoms with Crippen molar-refractivity contribution in [3.63, 3.8) is 0 Å². The second-order valence-electron chi connectivity index (χ2n) is 9.17. The summed E-state index contributed by atoms with van der Waals surface area (Å²) >= 11 is 0. The van der Waals surface area contributed by atoms with Gasteiger partial charge in [-0.25, -0.2) is 20.4 Å². The van der Waals surface area contributed by atoms with Gasteiger partial charge >= 0.3 is 12.1 Å². The fourth-order valence-electron chi connectivity index (χ4n) is 4.32. The van der Waals surface area contributed by atoms with Gasteiger partial charge in [-0.05, 0) is 43.0 Å². The number of amides is 4. The summed E-state index contributed by atoms with van der Waals surface area (Å²) < 4.78 is 5.42. The maximum atomic E-state index is 12.5. The summed E-state index contributed by atoms with van der Waals surface area (Å²) in [4.78, 5) is 29.3. The Balaban J connectivity index is 1.20. The minimum Gasteiger partial charge on any atom is -0.497 e. The fourth-order valence-corrected chi connectivity index (χ4v) is 4.32. The van der Waals surface area contributed by atoms with Crippen molar-refractivity contribution in [2.24, 2.45) is 0 Å². The molecule has 0 aliphatic heterocycles. The molecule has 202 valence electrons. The Bertz CT molecular complexity index is 1330. The van der Waals surface area contributed by atoms with Crippen LogP contribution in [0.3, 0.4) is 0 Å². The second kappa shape index (κ2) is 13.7. The average molecular weight is 527 g/mol. The van der Waals surface area contributed by atoms with E-state index in [1.54, 1.807) is 13.3 Å². The van der Waals surface area contributed by atoms with E-state index in [-0.39, 0.29) is 12.1 Å². The summed E-state index contributed by atoms with van der Waals surface area (Å²) in [5, 5.41) is 10.2. The number of fused-ring (bicyclic) bond motifs is 1. The second-order valence-corrected chi connectivity index (χ2v) is 9.17. The molecule has 0 fully saturated rings. The molecule has 4 rings (SSSR count). The van der Waals surface area contributed by atoms with Gasteiger partial charge in [0.15, 0.2) is 0 Å². The van der Waals surface area contributed by atoms with Gasteiger partial charge in [0, 0.05) is 30.2 Å². The molecule has 4 amide bonds. The van der Waals surface area contributed by atoms with Crippen molar-refractivity contribution in [3.05, 3.63) is 102 Å². The molecule has 1 heterocycles. The van der Waals surface area contributed by atoms with Crippen molar-refractivity contribution in [2.45, 2.75) is 31.8 Å². The molecule has 0 aliphatic rings. The number of aromatic nitrogens is 1. The smallest absolute Gasteiger partial charge is 0.334 e. The van der Waals surface area contributed by atoms with Gasteiger partial charge < -0.3 is 20.7 Å². The molecule has 0 saturated carbocycles. The number of methoxy groups -OCH3 is 1. The van der Waals surface area contributed by atoms with Crippen LogP contribution in [0.5, 0.6) is 5.75 Å². The van der Waals surface area contributed by atoms with E-state index in [1.807, 2.05) is 84.9 Å². The topological polar surface area (TPSA) is 116 Å². The number of hydrogen-bond acceptors (Lipinski definition) is 5. The lowest BCUT2D eigenvalue weighted by Gasteiger charge is -2.20. The fraction of sp³-hybridized carbons (Fsp3) is 0.233. The van der Waals surface area contributed by atoms with Crippen LogP contribution in [0.15, 0.2) is 91.1 Å². The molecule has 39 heavy (non-hydrogen) atoms. The summed E-state index contributed by atoms with van der Waals surface area (Å²) in [5.41, 5.74) is 8.48. The summed E-state index contributed by atoms with van der Waals surface area (Å²) in [6.07, 6.45) is 3.33. The van der Waals surface area contributed by atoms with Gasteiger partial charge in [-0.1, -0.05) is 66.7 Å². The van der Waals surface area contributed by atoms with Crippen molar-refractivity contribution < 1.29 is 14.3 Å². The van der Waals surface area contributed by atoms with Gasteiger partial charge in [-0.2, -0.15) is 0 Å². The van der Waals surface area contributed by atoms with Gasteiger partial charge in [0.25, 0.3) is 0 Å². The van der Waals surface area contributed by atoms with E-state index in [9.17, 15) is 9.59 Å². The van der Waals surface area contributed by atoms with E-state index in [2.05, 4.69) is 38.7 Å². The maximum Gasteiger partial charge on any atom is 0.334 e. The van der Waals surface area contributed by atoms with Crippen molar-refractivity contribution in [2.75, 3.05) is 19.0 Å². The average Bonchev–Trinajstić information content (AvgIpc) is 2.97. The van der Waals surface area contributed by atoms with Crippen LogP contribution in [0.1, 0.15) is 36.9 Å². The molecule has 0 spiro atoms. The Hall–Kier alpha value is -4.79. The molecule has 5 N–H and O–H groups in total. The number of urea groups is 2. The van der Waals surface area contributed by atoms with Crippen LogP contribution >= 0.6 is 0 Å². The summed E-state index contributed by atoms with van der Waals surface area (Å²) in [5.74, 6) is 0.763. The van der Waals surface area contributed by atoms with Crippen LogP contribution in [0.4, 0.5) is 15.3 Å². The van der Waals surface area contributed by atoms with E-state index in [0.717, 1.165) is 46.3 Å². The molecule has 4 aromatic rings. The first-order valence-electron chi connectivity index (χ1n) is 12.9. The van der Waals surface area contributed by atoms with Crippen LogP contribution in [0, 0.1) is 0 Å². The quantitative estimate of drug-likeness (QED) is 0.145. The molecule has 0 bridgehead atoms. The molecule has 9 nitrogen and oxygen atoms in total. The van der Waals surface area contributed by atoms with Crippen molar-refractivity contribution in [3.8, 4) is 5.75 Å². The van der Waals surface area contributed by atoms with E-state index >= 15 is 0 Å². The lowest BCUT2D eigenvalue weighted by Crippen LogP contribution is -2.51. The molecule has 9 heteroatoms. The van der Waals surface area contributed by atoms with E-state index in [0.29, 0.717) is 6.54 Å². The van der Waals surface area contributed by atoms with Gasteiger partial charge in [-0.3, -0.25) is 4.98 Å². The number of hydrazine groups is 1. The first kappa shape index (κ1) is 27.3. The normalized spacial score (nSPS) is 11.5. The lowest BCUT2D eigenvalue weighted by atomic mass is 9.99. The SMILES string of the molecule is COc1cc(NC(C)CCCNC(=O)NNC(=O)NC(c2ccccc2)c2ccccc2)c2ncccc2c1. The van der Waals surface area contributed by atoms with Crippen molar-refractivity contribution in [1.82, 2.24) is 26.5 Å². The largest absolute Gasteiger partial charge is 0.497 e. The molecule has 0 radical (unpaired) electrons. The number of carbonyl (C=O) groups excluding carboxylic acids is 2. The highest BCUT2D eigenvalue weighted by atomic mass is 16.5. The summed E-state index contributed by atoms with van der Waals surface area (Å²) in [7, 11) is 1.64. The highest BCUT2D eigenvalue weighted by Gasteiger charge is 2.17. The van der Waals surface area contributed by atoms with Gasteiger partial charge in [0.05, 0.1) is 24.4 Å². The van der Waals surface area contributed by atoms with Crippen molar-refractivity contribution in [1.29, 1.82) is 0 Å². The Morgan fingerprint density at radius 2 is 1.54 bits per heavy atom. The maximum absolute atomic E-state index is 12.5. The minimum absolute atomic E-state index is 0.143. The summed E-state index contributed by atoms with van der Waals surface area (Å²) in [6, 6.07) is 25.9. The Morgan fingerprint density at radius 3 is 2.21 bits per heavy atom. The van der Waals surface area contributed by atoms with Gasteiger partial charge in [0.1, 0.15) is 5.75 Å². The molecule has 3 aromatic carbocycles. The zero-order valence-corrected chi connectivity index (χ0v) is 22.1. The van der Waals surface area contributed by atoms with Crippen LogP contribution in [-0.2, 0) is 0 Å². The number of hydrogen-bond donors (Lipinski definition) is 5. The monoisotopic (exact) mass is 526 g/mol. The van der Waals surface area contributed by atoms with Crippen molar-refractivity contribution >= 4 is 28.7 Å². The third kappa shape index (κ3) is 7.85. The highest BCUT2D eigenvalue weighted by Crippen LogP contribution is 2.28. The predicted molar refractivity (Wildman–Crippen MR) is 154 cm³/mol. The zero-order chi connectivity index (χ0) is 27.5. The molecular formula is C30H34N6O3. The first-order valence-corrected chi connectivity index (χ1v) is 12.9. The van der Waals surface area contributed by atoms with Gasteiger partial charge in [-0.15, -0.1) is 0 Å². The lowest BCUT2D eigenvalue weighted by molar-refractivity contribution is 0.223. The third-order valence-electron chi connectivity index (χ3n) is 6.25.